The number of hydrogen-bond donors (Lipinski definition) is 4. The first-order valence-corrected chi connectivity index (χ1v) is 13.2. The first-order chi connectivity index (χ1) is 18.9. The molecule has 0 radical (unpaired) electrons. The van der Waals surface area contributed by atoms with Crippen LogP contribution in [0.2, 0.25) is 0 Å². The Morgan fingerprint density at radius 2 is 1.85 bits per heavy atom. The normalized spacial score (nSPS) is 27.2. The molecule has 0 spiro atoms. The molecule has 0 bridgehead atoms. The van der Waals surface area contributed by atoms with E-state index in [0.717, 1.165) is 0 Å². The number of nitrogens with two attached hydrogens (primary N) is 1. The number of benzene rings is 2. The molecule has 40 heavy (non-hydrogen) atoms. The number of fused-ring (bicyclic) bond motifs is 4. The van der Waals surface area contributed by atoms with Crippen LogP contribution < -0.4 is 5.73 Å². The number of phenols is 1. The van der Waals surface area contributed by atoms with E-state index in [0.29, 0.717) is 41.3 Å². The maximum atomic E-state index is 13.6. The number of amides is 1. The molecule has 11 heteroatoms. The number of likely N-dealkylation sites (tertiary alicyclic amines) is 1. The van der Waals surface area contributed by atoms with Gasteiger partial charge in [-0.1, -0.05) is 18.2 Å². The first-order valence-electron chi connectivity index (χ1n) is 13.2. The number of carbonyl (C=O) groups excluding carboxylic acids is 3. The summed E-state index contributed by atoms with van der Waals surface area (Å²) < 4.78 is 40.3. The van der Waals surface area contributed by atoms with Gasteiger partial charge in [0.15, 0.2) is 11.6 Å². The number of nitrogens with zero attached hydrogens (tertiary/aromatic N) is 1. The number of rotatable bonds is 3. The molecule has 8 nitrogen and oxygen atoms in total. The van der Waals surface area contributed by atoms with Gasteiger partial charge in [-0.05, 0) is 66.6 Å². The highest BCUT2D eigenvalue weighted by Crippen LogP contribution is 2.51. The Bertz CT molecular complexity index is 1560. The minimum absolute atomic E-state index is 0.00867. The van der Waals surface area contributed by atoms with E-state index < -0.39 is 64.5 Å². The van der Waals surface area contributed by atoms with E-state index in [1.165, 1.54) is 4.90 Å². The van der Waals surface area contributed by atoms with Gasteiger partial charge in [-0.2, -0.15) is 13.2 Å². The van der Waals surface area contributed by atoms with Gasteiger partial charge in [-0.3, -0.25) is 19.3 Å². The molecule has 5 N–H and O–H groups in total. The molecule has 2 fully saturated rings. The minimum Gasteiger partial charge on any atom is -0.511 e. The van der Waals surface area contributed by atoms with E-state index in [9.17, 15) is 42.9 Å². The van der Waals surface area contributed by atoms with Crippen LogP contribution in [0.25, 0.3) is 16.5 Å². The summed E-state index contributed by atoms with van der Waals surface area (Å²) in [4.78, 5) is 39.1. The Hall–Kier alpha value is -3.86. The summed E-state index contributed by atoms with van der Waals surface area (Å²) in [7, 11) is 0. The lowest BCUT2D eigenvalue weighted by molar-refractivity contribution is -0.177. The molecular weight excluding hydrogens is 529 g/mol. The molecule has 1 unspecified atom stereocenters. The van der Waals surface area contributed by atoms with E-state index in [4.69, 9.17) is 5.73 Å². The highest BCUT2D eigenvalue weighted by atomic mass is 19.4. The quantitative estimate of drug-likeness (QED) is 0.419. The Morgan fingerprint density at radius 1 is 1.10 bits per heavy atom. The fourth-order valence-corrected chi connectivity index (χ4v) is 7.17. The van der Waals surface area contributed by atoms with Crippen LogP contribution in [0.3, 0.4) is 0 Å². The lowest BCUT2D eigenvalue weighted by atomic mass is 9.61. The molecule has 3 aliphatic carbocycles. The maximum absolute atomic E-state index is 13.6. The summed E-state index contributed by atoms with van der Waals surface area (Å²) in [5, 5.41) is 34.2. The number of ketones is 2. The molecule has 1 saturated heterocycles. The van der Waals surface area contributed by atoms with E-state index in [1.54, 1.807) is 24.3 Å². The number of aliphatic hydroxyl groups is 2. The average molecular weight is 557 g/mol. The minimum atomic E-state index is -4.33. The first kappa shape index (κ1) is 26.4. The molecule has 2 aromatic rings. The maximum Gasteiger partial charge on any atom is 0.404 e. The summed E-state index contributed by atoms with van der Waals surface area (Å²) >= 11 is 0. The molecule has 0 aromatic heterocycles. The lowest BCUT2D eigenvalue weighted by Crippen LogP contribution is -2.44. The van der Waals surface area contributed by atoms with Gasteiger partial charge in [0.2, 0.25) is 0 Å². The number of phenolic OH excluding ortho intramolecular Hbond substituents is 1. The van der Waals surface area contributed by atoms with Gasteiger partial charge in [-0.25, -0.2) is 0 Å². The van der Waals surface area contributed by atoms with E-state index in [1.807, 2.05) is 0 Å². The van der Waals surface area contributed by atoms with Gasteiger partial charge in [0.25, 0.3) is 5.91 Å². The molecule has 1 aliphatic heterocycles. The predicted molar refractivity (Wildman–Crippen MR) is 137 cm³/mol. The van der Waals surface area contributed by atoms with Gasteiger partial charge >= 0.3 is 6.18 Å². The van der Waals surface area contributed by atoms with Crippen LogP contribution >= 0.6 is 0 Å². The van der Waals surface area contributed by atoms with Crippen molar-refractivity contribution >= 4 is 34.0 Å². The van der Waals surface area contributed by atoms with Crippen molar-refractivity contribution in [3.63, 3.8) is 0 Å². The number of halogens is 3. The SMILES string of the molecule is NC(=O)C1=C(O)C2C(=O)C3=C(O)c4c(cc5ccc(CN6CCC[C@@H]6C(F)(F)F)cc5c4O)C[C@H]3C[C@H]2CC1=O. The zero-order chi connectivity index (χ0) is 28.7. The van der Waals surface area contributed by atoms with Crippen molar-refractivity contribution in [1.29, 1.82) is 0 Å². The largest absolute Gasteiger partial charge is 0.511 e. The fraction of sp³-hybridized carbons (Fsp3) is 0.414. The van der Waals surface area contributed by atoms with Crippen LogP contribution in [-0.4, -0.2) is 56.5 Å². The molecule has 1 heterocycles. The summed E-state index contributed by atoms with van der Waals surface area (Å²) in [5.41, 5.74) is 5.88. The molecule has 1 amide bonds. The Labute approximate surface area is 226 Å². The summed E-state index contributed by atoms with van der Waals surface area (Å²) in [6, 6.07) is 5.29. The standard InChI is InChI=1S/C29H27F3N2O6/c30-29(31,32)19-2-1-5-34(19)11-12-3-4-13-7-14-8-15-9-16-10-18(35)23(28(33)40)27(39)22(16)26(38)21(15)25(37)20(14)24(36)17(13)6-12/h3-4,6-7,15-16,19,22,36-37,39H,1-2,5,8-11H2,(H2,33,40)/t15-,16-,19+,22?/m0/s1. The number of hydrogen-bond acceptors (Lipinski definition) is 7. The number of Topliss-reactive ketones (excluding diaryl/α,β-unsaturated/α-hetero) is 2. The van der Waals surface area contributed by atoms with Crippen molar-refractivity contribution in [2.24, 2.45) is 23.5 Å². The predicted octanol–water partition coefficient (Wildman–Crippen LogP) is 3.99. The number of alkyl halides is 3. The number of aliphatic hydroxyl groups excluding tert-OH is 2. The second kappa shape index (κ2) is 9.09. The van der Waals surface area contributed by atoms with Crippen molar-refractivity contribution in [3.8, 4) is 5.75 Å². The fourth-order valence-electron chi connectivity index (χ4n) is 7.17. The van der Waals surface area contributed by atoms with Crippen molar-refractivity contribution < 1.29 is 42.9 Å². The second-order valence-corrected chi connectivity index (χ2v) is 11.2. The molecule has 210 valence electrons. The monoisotopic (exact) mass is 556 g/mol. The van der Waals surface area contributed by atoms with Gasteiger partial charge < -0.3 is 21.1 Å². The Balaban J connectivity index is 1.40. The van der Waals surface area contributed by atoms with Crippen LogP contribution in [-0.2, 0) is 27.3 Å². The van der Waals surface area contributed by atoms with Crippen LogP contribution in [0.4, 0.5) is 13.2 Å². The van der Waals surface area contributed by atoms with Crippen molar-refractivity contribution in [2.45, 2.75) is 50.9 Å². The van der Waals surface area contributed by atoms with Gasteiger partial charge in [0.1, 0.15) is 28.9 Å². The van der Waals surface area contributed by atoms with Crippen LogP contribution in [0.5, 0.6) is 5.75 Å². The Kier molecular flexibility index (Phi) is 5.99. The highest BCUT2D eigenvalue weighted by molar-refractivity contribution is 6.21. The van der Waals surface area contributed by atoms with Crippen LogP contribution in [0, 0.1) is 17.8 Å². The molecule has 6 rings (SSSR count). The van der Waals surface area contributed by atoms with Gasteiger partial charge in [0.05, 0.1) is 11.5 Å². The highest BCUT2D eigenvalue weighted by Gasteiger charge is 2.51. The third-order valence-electron chi connectivity index (χ3n) is 8.88. The lowest BCUT2D eigenvalue weighted by Gasteiger charge is -2.41. The molecule has 4 atom stereocenters. The van der Waals surface area contributed by atoms with Crippen molar-refractivity contribution in [1.82, 2.24) is 4.90 Å². The smallest absolute Gasteiger partial charge is 0.404 e. The van der Waals surface area contributed by atoms with Crippen molar-refractivity contribution in [2.75, 3.05) is 6.54 Å². The van der Waals surface area contributed by atoms with E-state index in [-0.39, 0.29) is 42.7 Å². The molecule has 2 aromatic carbocycles. The average Bonchev–Trinajstić information content (AvgIpc) is 3.32. The zero-order valence-electron chi connectivity index (χ0n) is 21.3. The summed E-state index contributed by atoms with van der Waals surface area (Å²) in [5.74, 6) is -6.04. The van der Waals surface area contributed by atoms with Gasteiger partial charge in [0, 0.05) is 23.9 Å². The van der Waals surface area contributed by atoms with Crippen LogP contribution in [0.1, 0.15) is 42.4 Å². The molecule has 4 aliphatic rings. The number of carbonyl (C=O) groups is 3. The van der Waals surface area contributed by atoms with E-state index >= 15 is 0 Å². The summed E-state index contributed by atoms with van der Waals surface area (Å²) in [6.07, 6.45) is -3.40. The van der Waals surface area contributed by atoms with E-state index in [2.05, 4.69) is 0 Å². The van der Waals surface area contributed by atoms with Crippen molar-refractivity contribution in [3.05, 3.63) is 57.9 Å². The number of allylic oxidation sites excluding steroid dienone is 2. The Morgan fingerprint density at radius 3 is 2.55 bits per heavy atom. The third kappa shape index (κ3) is 3.97. The molecular formula is C29H27F3N2O6. The second-order valence-electron chi connectivity index (χ2n) is 11.2. The number of primary amides is 1. The summed E-state index contributed by atoms with van der Waals surface area (Å²) in [6.45, 7) is 0.348. The topological polar surface area (TPSA) is 141 Å². The number of aromatic hydroxyl groups is 1. The van der Waals surface area contributed by atoms with Crippen LogP contribution in [0.15, 0.2) is 41.2 Å². The molecule has 1 saturated carbocycles. The van der Waals surface area contributed by atoms with Gasteiger partial charge in [-0.15, -0.1) is 0 Å². The zero-order valence-corrected chi connectivity index (χ0v) is 21.3. The third-order valence-corrected chi connectivity index (χ3v) is 8.88.